The standard InChI is InChI=1S/C14H12FN3O2S/c15-11-3-1-2-4-13(11)18-21(19,20)14-8-17-12-6-5-9(16)7-10(12)14/h1-8,17-18H,16H2. The average Bonchev–Trinajstić information content (AvgIpc) is 2.85. The number of aromatic nitrogens is 1. The van der Waals surface area contributed by atoms with Crippen LogP contribution in [0.5, 0.6) is 0 Å². The maximum atomic E-state index is 13.6. The van der Waals surface area contributed by atoms with Crippen LogP contribution in [0, 0.1) is 5.82 Å². The minimum Gasteiger partial charge on any atom is -0.399 e. The first-order valence-electron chi connectivity index (χ1n) is 6.11. The lowest BCUT2D eigenvalue weighted by molar-refractivity contribution is 0.599. The third-order valence-corrected chi connectivity index (χ3v) is 4.48. The van der Waals surface area contributed by atoms with Crippen LogP contribution in [0.25, 0.3) is 10.9 Å². The summed E-state index contributed by atoms with van der Waals surface area (Å²) in [6.07, 6.45) is 1.35. The second kappa shape index (κ2) is 4.78. The number of fused-ring (bicyclic) bond motifs is 1. The molecule has 0 radical (unpaired) electrons. The van der Waals surface area contributed by atoms with Gasteiger partial charge in [-0.25, -0.2) is 12.8 Å². The van der Waals surface area contributed by atoms with Gasteiger partial charge in [0.2, 0.25) is 0 Å². The Morgan fingerprint density at radius 3 is 2.67 bits per heavy atom. The van der Waals surface area contributed by atoms with Crippen LogP contribution in [-0.4, -0.2) is 13.4 Å². The normalized spacial score (nSPS) is 11.7. The molecule has 0 amide bonds. The maximum Gasteiger partial charge on any atom is 0.264 e. The zero-order valence-corrected chi connectivity index (χ0v) is 11.6. The third kappa shape index (κ3) is 2.43. The predicted octanol–water partition coefficient (Wildman–Crippen LogP) is 2.69. The summed E-state index contributed by atoms with van der Waals surface area (Å²) >= 11 is 0. The van der Waals surface area contributed by atoms with Crippen LogP contribution in [0.15, 0.2) is 53.6 Å². The summed E-state index contributed by atoms with van der Waals surface area (Å²) in [7, 11) is -3.91. The van der Waals surface area contributed by atoms with Gasteiger partial charge in [0, 0.05) is 22.8 Å². The third-order valence-electron chi connectivity index (χ3n) is 3.08. The summed E-state index contributed by atoms with van der Waals surface area (Å²) in [6.45, 7) is 0. The largest absolute Gasteiger partial charge is 0.399 e. The fraction of sp³-hybridized carbons (Fsp3) is 0. The molecule has 0 atom stereocenters. The zero-order valence-electron chi connectivity index (χ0n) is 10.8. The highest BCUT2D eigenvalue weighted by atomic mass is 32.2. The van der Waals surface area contributed by atoms with E-state index >= 15 is 0 Å². The number of sulfonamides is 1. The number of nitrogens with two attached hydrogens (primary N) is 1. The molecule has 7 heteroatoms. The lowest BCUT2D eigenvalue weighted by atomic mass is 10.2. The Kier molecular flexibility index (Phi) is 3.06. The van der Waals surface area contributed by atoms with Crippen LogP contribution < -0.4 is 10.5 Å². The molecule has 0 bridgehead atoms. The molecule has 3 aromatic rings. The second-order valence-electron chi connectivity index (χ2n) is 4.54. The molecular weight excluding hydrogens is 293 g/mol. The molecule has 1 aromatic heterocycles. The van der Waals surface area contributed by atoms with E-state index in [0.717, 1.165) is 0 Å². The van der Waals surface area contributed by atoms with Crippen molar-refractivity contribution in [3.63, 3.8) is 0 Å². The van der Waals surface area contributed by atoms with Crippen molar-refractivity contribution in [2.75, 3.05) is 10.5 Å². The Morgan fingerprint density at radius 1 is 1.14 bits per heavy atom. The Labute approximate surface area is 120 Å². The van der Waals surface area contributed by atoms with Crippen molar-refractivity contribution < 1.29 is 12.8 Å². The Balaban J connectivity index is 2.09. The van der Waals surface area contributed by atoms with Crippen molar-refractivity contribution in [2.24, 2.45) is 0 Å². The topological polar surface area (TPSA) is 88.0 Å². The van der Waals surface area contributed by atoms with Crippen LogP contribution in [0.2, 0.25) is 0 Å². The molecular formula is C14H12FN3O2S. The zero-order chi connectivity index (χ0) is 15.0. The molecule has 2 aromatic carbocycles. The highest BCUT2D eigenvalue weighted by Gasteiger charge is 2.20. The summed E-state index contributed by atoms with van der Waals surface area (Å²) in [4.78, 5) is 2.87. The number of rotatable bonds is 3. The smallest absolute Gasteiger partial charge is 0.264 e. The number of para-hydroxylation sites is 1. The number of anilines is 2. The quantitative estimate of drug-likeness (QED) is 0.650. The molecule has 0 unspecified atom stereocenters. The van der Waals surface area contributed by atoms with Crippen molar-refractivity contribution in [1.29, 1.82) is 0 Å². The molecule has 3 rings (SSSR count). The van der Waals surface area contributed by atoms with E-state index in [1.165, 1.54) is 24.4 Å². The summed E-state index contributed by atoms with van der Waals surface area (Å²) in [6, 6.07) is 10.5. The lowest BCUT2D eigenvalue weighted by Gasteiger charge is -2.08. The van der Waals surface area contributed by atoms with Gasteiger partial charge in [-0.15, -0.1) is 0 Å². The van der Waals surface area contributed by atoms with E-state index in [4.69, 9.17) is 5.73 Å². The highest BCUT2D eigenvalue weighted by Crippen LogP contribution is 2.27. The first kappa shape index (κ1) is 13.4. The molecule has 1 heterocycles. The van der Waals surface area contributed by atoms with Crippen molar-refractivity contribution >= 4 is 32.3 Å². The molecule has 0 aliphatic carbocycles. The van der Waals surface area contributed by atoms with Gasteiger partial charge >= 0.3 is 0 Å². The summed E-state index contributed by atoms with van der Waals surface area (Å²) < 4.78 is 40.6. The number of hydrogen-bond donors (Lipinski definition) is 3. The van der Waals surface area contributed by atoms with E-state index in [9.17, 15) is 12.8 Å². The van der Waals surface area contributed by atoms with Crippen LogP contribution in [0.1, 0.15) is 0 Å². The number of nitrogen functional groups attached to an aromatic ring is 1. The van der Waals surface area contributed by atoms with Crippen molar-refractivity contribution in [3.05, 3.63) is 54.5 Å². The molecule has 0 saturated carbocycles. The van der Waals surface area contributed by atoms with Gasteiger partial charge in [0.1, 0.15) is 10.7 Å². The molecule has 21 heavy (non-hydrogen) atoms. The number of halogens is 1. The minimum absolute atomic E-state index is 0.0213. The van der Waals surface area contributed by atoms with Gasteiger partial charge in [-0.1, -0.05) is 12.1 Å². The van der Waals surface area contributed by atoms with Gasteiger partial charge in [0.15, 0.2) is 0 Å². The lowest BCUT2D eigenvalue weighted by Crippen LogP contribution is -2.13. The van der Waals surface area contributed by atoms with Crippen LogP contribution >= 0.6 is 0 Å². The van der Waals surface area contributed by atoms with E-state index in [2.05, 4.69) is 9.71 Å². The molecule has 0 aliphatic heterocycles. The van der Waals surface area contributed by atoms with Crippen molar-refractivity contribution in [2.45, 2.75) is 4.90 Å². The summed E-state index contributed by atoms with van der Waals surface area (Å²) in [5.41, 5.74) is 6.67. The number of aromatic amines is 1. The number of H-pyrrole nitrogens is 1. The summed E-state index contributed by atoms with van der Waals surface area (Å²) in [5.74, 6) is -0.638. The van der Waals surface area contributed by atoms with Gasteiger partial charge < -0.3 is 10.7 Å². The molecule has 4 N–H and O–H groups in total. The molecule has 5 nitrogen and oxygen atoms in total. The van der Waals surface area contributed by atoms with Crippen LogP contribution in [0.4, 0.5) is 15.8 Å². The van der Waals surface area contributed by atoms with E-state index < -0.39 is 15.8 Å². The molecule has 0 spiro atoms. The first-order chi connectivity index (χ1) is 9.97. The van der Waals surface area contributed by atoms with Gasteiger partial charge in [-0.05, 0) is 30.3 Å². The summed E-state index contributed by atoms with van der Waals surface area (Å²) in [5, 5.41) is 0.457. The SMILES string of the molecule is Nc1ccc2[nH]cc(S(=O)(=O)Nc3ccccc3F)c2c1. The first-order valence-corrected chi connectivity index (χ1v) is 7.60. The highest BCUT2D eigenvalue weighted by molar-refractivity contribution is 7.93. The van der Waals surface area contributed by atoms with Crippen molar-refractivity contribution in [3.8, 4) is 0 Å². The molecule has 0 aliphatic rings. The van der Waals surface area contributed by atoms with E-state index in [0.29, 0.717) is 16.6 Å². The number of hydrogen-bond acceptors (Lipinski definition) is 3. The maximum absolute atomic E-state index is 13.6. The monoisotopic (exact) mass is 305 g/mol. The molecule has 0 fully saturated rings. The number of nitrogens with one attached hydrogen (secondary N) is 2. The van der Waals surface area contributed by atoms with E-state index in [1.54, 1.807) is 24.3 Å². The second-order valence-corrected chi connectivity index (χ2v) is 6.19. The van der Waals surface area contributed by atoms with E-state index in [-0.39, 0.29) is 10.6 Å². The molecule has 0 saturated heterocycles. The Hall–Kier alpha value is -2.54. The predicted molar refractivity (Wildman–Crippen MR) is 79.9 cm³/mol. The minimum atomic E-state index is -3.91. The van der Waals surface area contributed by atoms with Crippen LogP contribution in [-0.2, 0) is 10.0 Å². The number of benzene rings is 2. The fourth-order valence-corrected chi connectivity index (χ4v) is 3.32. The van der Waals surface area contributed by atoms with Gasteiger partial charge in [-0.2, -0.15) is 0 Å². The fourth-order valence-electron chi connectivity index (χ4n) is 2.08. The van der Waals surface area contributed by atoms with Crippen molar-refractivity contribution in [1.82, 2.24) is 4.98 Å². The van der Waals surface area contributed by atoms with Crippen LogP contribution in [0.3, 0.4) is 0 Å². The molecule has 108 valence electrons. The van der Waals surface area contributed by atoms with E-state index in [1.807, 2.05) is 0 Å². The Morgan fingerprint density at radius 2 is 1.90 bits per heavy atom. The van der Waals surface area contributed by atoms with Gasteiger partial charge in [0.25, 0.3) is 10.0 Å². The average molecular weight is 305 g/mol. The van der Waals surface area contributed by atoms with Gasteiger partial charge in [0.05, 0.1) is 5.69 Å². The van der Waals surface area contributed by atoms with Gasteiger partial charge in [-0.3, -0.25) is 4.72 Å². The Bertz CT molecular complexity index is 919.